The van der Waals surface area contributed by atoms with Gasteiger partial charge in [-0.05, 0) is 47.9 Å². The van der Waals surface area contributed by atoms with Crippen LogP contribution >= 0.6 is 15.9 Å². The molecule has 4 heteroatoms. The Bertz CT molecular complexity index is 572. The molecule has 1 N–H and O–H groups in total. The lowest BCUT2D eigenvalue weighted by Crippen LogP contribution is -2.15. The number of rotatable bonds is 4. The number of benzene rings is 2. The summed E-state index contributed by atoms with van der Waals surface area (Å²) < 4.78 is 27.3. The molecule has 1 nitrogen and oxygen atoms in total. The first-order valence-corrected chi connectivity index (χ1v) is 6.70. The highest BCUT2D eigenvalue weighted by Gasteiger charge is 2.11. The number of hydrogen-bond acceptors (Lipinski definition) is 1. The summed E-state index contributed by atoms with van der Waals surface area (Å²) in [6.45, 7) is 0. The monoisotopic (exact) mass is 326 g/mol. The lowest BCUT2D eigenvalue weighted by molar-refractivity contribution is 0.174. The van der Waals surface area contributed by atoms with E-state index in [1.54, 1.807) is 24.3 Å². The molecule has 2 aromatic carbocycles. The van der Waals surface area contributed by atoms with Gasteiger partial charge in [-0.25, -0.2) is 8.78 Å². The molecule has 1 atom stereocenters. The van der Waals surface area contributed by atoms with Crippen LogP contribution in [0.1, 0.15) is 11.1 Å². The molecule has 0 aliphatic rings. The van der Waals surface area contributed by atoms with Crippen molar-refractivity contribution in [3.8, 4) is 0 Å². The van der Waals surface area contributed by atoms with Crippen LogP contribution in [0, 0.1) is 11.6 Å². The average Bonchev–Trinajstić information content (AvgIpc) is 2.34. The third-order valence-corrected chi connectivity index (χ3v) is 3.32. The summed E-state index contributed by atoms with van der Waals surface area (Å²) in [6.07, 6.45) is -0.253. The van der Waals surface area contributed by atoms with Crippen LogP contribution < -0.4 is 0 Å². The van der Waals surface area contributed by atoms with Crippen LogP contribution in [0.4, 0.5) is 8.78 Å². The van der Waals surface area contributed by atoms with Gasteiger partial charge in [0.1, 0.15) is 11.6 Å². The molecule has 0 heterocycles. The molecule has 2 aromatic rings. The minimum Gasteiger partial charge on any atom is -0.392 e. The van der Waals surface area contributed by atoms with Crippen LogP contribution in [0.2, 0.25) is 0 Å². The summed E-state index contributed by atoms with van der Waals surface area (Å²) in [7, 11) is 0. The van der Waals surface area contributed by atoms with Crippen molar-refractivity contribution >= 4 is 15.9 Å². The van der Waals surface area contributed by atoms with Gasteiger partial charge in [-0.15, -0.1) is 0 Å². The topological polar surface area (TPSA) is 20.2 Å². The van der Waals surface area contributed by atoms with E-state index in [4.69, 9.17) is 0 Å². The van der Waals surface area contributed by atoms with Gasteiger partial charge in [0, 0.05) is 10.9 Å². The third-order valence-electron chi connectivity index (χ3n) is 2.82. The fourth-order valence-corrected chi connectivity index (χ4v) is 2.37. The van der Waals surface area contributed by atoms with Crippen LogP contribution in [0.5, 0.6) is 0 Å². The van der Waals surface area contributed by atoms with Gasteiger partial charge in [0.2, 0.25) is 0 Å². The normalized spacial score (nSPS) is 12.4. The van der Waals surface area contributed by atoms with Gasteiger partial charge in [-0.3, -0.25) is 0 Å². The van der Waals surface area contributed by atoms with Crippen molar-refractivity contribution in [3.05, 3.63) is 69.7 Å². The van der Waals surface area contributed by atoms with E-state index in [2.05, 4.69) is 15.9 Å². The molecule has 0 aromatic heterocycles. The Morgan fingerprint density at radius 1 is 1.05 bits per heavy atom. The molecule has 0 saturated heterocycles. The minimum absolute atomic E-state index is 0.196. The van der Waals surface area contributed by atoms with Crippen LogP contribution in [-0.2, 0) is 12.8 Å². The largest absolute Gasteiger partial charge is 0.392 e. The first-order chi connectivity index (χ1) is 9.04. The van der Waals surface area contributed by atoms with Gasteiger partial charge in [-0.1, -0.05) is 28.1 Å². The number of halogens is 3. The van der Waals surface area contributed by atoms with E-state index in [9.17, 15) is 13.9 Å². The van der Waals surface area contributed by atoms with Crippen molar-refractivity contribution in [2.45, 2.75) is 18.9 Å². The first kappa shape index (κ1) is 14.2. The molecule has 0 fully saturated rings. The van der Waals surface area contributed by atoms with Gasteiger partial charge in [0.15, 0.2) is 0 Å². The Morgan fingerprint density at radius 3 is 2.58 bits per heavy atom. The molecule has 1 unspecified atom stereocenters. The number of hydrogen-bond donors (Lipinski definition) is 1. The van der Waals surface area contributed by atoms with Gasteiger partial charge in [0.05, 0.1) is 6.10 Å². The van der Waals surface area contributed by atoms with Gasteiger partial charge >= 0.3 is 0 Å². The molecule has 0 bridgehead atoms. The Kier molecular flexibility index (Phi) is 4.66. The maximum atomic E-state index is 13.5. The molecule has 0 aliphatic heterocycles. The SMILES string of the molecule is OC(Cc1cccc(F)c1)Cc1cc(Br)ccc1F. The zero-order chi connectivity index (χ0) is 13.8. The van der Waals surface area contributed by atoms with E-state index in [0.29, 0.717) is 17.5 Å². The zero-order valence-corrected chi connectivity index (χ0v) is 11.7. The molecular formula is C15H13BrF2O. The lowest BCUT2D eigenvalue weighted by atomic mass is 10.0. The van der Waals surface area contributed by atoms with Gasteiger partial charge < -0.3 is 5.11 Å². The summed E-state index contributed by atoms with van der Waals surface area (Å²) in [5.41, 5.74) is 1.14. The fourth-order valence-electron chi connectivity index (χ4n) is 1.96. The summed E-state index contributed by atoms with van der Waals surface area (Å²) in [4.78, 5) is 0. The maximum absolute atomic E-state index is 13.5. The molecule has 0 saturated carbocycles. The van der Waals surface area contributed by atoms with E-state index >= 15 is 0 Å². The highest BCUT2D eigenvalue weighted by Crippen LogP contribution is 2.18. The molecule has 0 radical (unpaired) electrons. The second-order valence-electron chi connectivity index (χ2n) is 4.43. The number of aliphatic hydroxyl groups is 1. The predicted molar refractivity (Wildman–Crippen MR) is 73.9 cm³/mol. The Labute approximate surface area is 119 Å². The van der Waals surface area contributed by atoms with Crippen LogP contribution in [-0.4, -0.2) is 11.2 Å². The Hall–Kier alpha value is -1.26. The summed E-state index contributed by atoms with van der Waals surface area (Å²) in [5.74, 6) is -0.681. The van der Waals surface area contributed by atoms with E-state index in [0.717, 1.165) is 4.47 Å². The third kappa shape index (κ3) is 4.11. The van der Waals surface area contributed by atoms with Crippen molar-refractivity contribution in [2.24, 2.45) is 0 Å². The zero-order valence-electron chi connectivity index (χ0n) is 10.1. The molecule has 0 aliphatic carbocycles. The average molecular weight is 327 g/mol. The molecule has 2 rings (SSSR count). The van der Waals surface area contributed by atoms with Crippen molar-refractivity contribution in [3.63, 3.8) is 0 Å². The minimum atomic E-state index is -0.745. The van der Waals surface area contributed by atoms with Crippen LogP contribution in [0.25, 0.3) is 0 Å². The number of aliphatic hydroxyl groups excluding tert-OH is 1. The van der Waals surface area contributed by atoms with Gasteiger partial charge in [-0.2, -0.15) is 0 Å². The van der Waals surface area contributed by atoms with Crippen LogP contribution in [0.15, 0.2) is 46.9 Å². The highest BCUT2D eigenvalue weighted by molar-refractivity contribution is 9.10. The Balaban J connectivity index is 2.05. The van der Waals surface area contributed by atoms with E-state index < -0.39 is 6.10 Å². The van der Waals surface area contributed by atoms with E-state index in [1.807, 2.05) is 0 Å². The van der Waals surface area contributed by atoms with Crippen molar-refractivity contribution in [1.29, 1.82) is 0 Å². The van der Waals surface area contributed by atoms with E-state index in [1.165, 1.54) is 18.2 Å². The summed E-state index contributed by atoms with van der Waals surface area (Å²) >= 11 is 3.26. The maximum Gasteiger partial charge on any atom is 0.126 e. The van der Waals surface area contributed by atoms with E-state index in [-0.39, 0.29) is 18.1 Å². The predicted octanol–water partition coefficient (Wildman–Crippen LogP) is 3.87. The molecular weight excluding hydrogens is 314 g/mol. The van der Waals surface area contributed by atoms with Crippen molar-refractivity contribution in [1.82, 2.24) is 0 Å². The fraction of sp³-hybridized carbons (Fsp3) is 0.200. The van der Waals surface area contributed by atoms with Crippen molar-refractivity contribution < 1.29 is 13.9 Å². The van der Waals surface area contributed by atoms with Gasteiger partial charge in [0.25, 0.3) is 0 Å². The molecule has 100 valence electrons. The molecule has 0 amide bonds. The quantitative estimate of drug-likeness (QED) is 0.904. The lowest BCUT2D eigenvalue weighted by Gasteiger charge is -2.12. The molecule has 19 heavy (non-hydrogen) atoms. The second-order valence-corrected chi connectivity index (χ2v) is 5.34. The molecule has 0 spiro atoms. The highest BCUT2D eigenvalue weighted by atomic mass is 79.9. The first-order valence-electron chi connectivity index (χ1n) is 5.91. The Morgan fingerprint density at radius 2 is 1.84 bits per heavy atom. The standard InChI is InChI=1S/C15H13BrF2O/c16-12-4-5-15(18)11(8-12)9-14(19)7-10-2-1-3-13(17)6-10/h1-6,8,14,19H,7,9H2. The smallest absolute Gasteiger partial charge is 0.126 e. The summed E-state index contributed by atoms with van der Waals surface area (Å²) in [6, 6.07) is 10.7. The van der Waals surface area contributed by atoms with Crippen molar-refractivity contribution in [2.75, 3.05) is 0 Å². The second kappa shape index (κ2) is 6.26. The van der Waals surface area contributed by atoms with Crippen LogP contribution in [0.3, 0.4) is 0 Å². The summed E-state index contributed by atoms with van der Waals surface area (Å²) in [5, 5.41) is 9.96.